The van der Waals surface area contributed by atoms with E-state index in [1.165, 1.54) is 0 Å². The monoisotopic (exact) mass is 320 g/mol. The van der Waals surface area contributed by atoms with Gasteiger partial charge in [0.25, 0.3) is 0 Å². The molecule has 0 atom stereocenters. The predicted octanol–water partition coefficient (Wildman–Crippen LogP) is 3.03. The van der Waals surface area contributed by atoms with Crippen LogP contribution in [0.5, 0.6) is 5.75 Å². The van der Waals surface area contributed by atoms with Crippen LogP contribution >= 0.6 is 15.9 Å². The fourth-order valence-electron chi connectivity index (χ4n) is 1.61. The first kappa shape index (κ1) is 13.5. The van der Waals surface area contributed by atoms with E-state index in [9.17, 15) is 4.79 Å². The van der Waals surface area contributed by atoms with Crippen molar-refractivity contribution in [3.8, 4) is 5.75 Å². The number of carbonyl (C=O) groups is 1. The van der Waals surface area contributed by atoms with Crippen molar-refractivity contribution in [3.05, 3.63) is 52.6 Å². The van der Waals surface area contributed by atoms with Gasteiger partial charge in [0.2, 0.25) is 5.91 Å². The molecule has 0 saturated carbocycles. The van der Waals surface area contributed by atoms with Crippen molar-refractivity contribution >= 4 is 27.7 Å². The molecule has 5 heteroatoms. The number of benzene rings is 1. The van der Waals surface area contributed by atoms with Crippen LogP contribution in [-0.4, -0.2) is 18.0 Å². The summed E-state index contributed by atoms with van der Waals surface area (Å²) >= 11 is 3.36. The number of hydrogen-bond acceptors (Lipinski definition) is 3. The highest BCUT2D eigenvalue weighted by atomic mass is 79.9. The van der Waals surface area contributed by atoms with Gasteiger partial charge in [0, 0.05) is 10.7 Å². The number of halogens is 1. The number of ether oxygens (including phenoxy) is 1. The van der Waals surface area contributed by atoms with Crippen LogP contribution in [-0.2, 0) is 11.2 Å². The maximum atomic E-state index is 11.9. The minimum absolute atomic E-state index is 0.126. The minimum Gasteiger partial charge on any atom is -0.493 e. The summed E-state index contributed by atoms with van der Waals surface area (Å²) in [6, 6.07) is 11.1. The molecule has 0 radical (unpaired) electrons. The highest BCUT2D eigenvalue weighted by Crippen LogP contribution is 2.20. The third-order valence-electron chi connectivity index (χ3n) is 2.53. The van der Waals surface area contributed by atoms with Crippen molar-refractivity contribution in [2.75, 3.05) is 12.4 Å². The number of hydrogen-bond donors (Lipinski definition) is 1. The Morgan fingerprint density at radius 3 is 2.74 bits per heavy atom. The van der Waals surface area contributed by atoms with E-state index in [0.29, 0.717) is 18.0 Å². The van der Waals surface area contributed by atoms with Crippen LogP contribution in [0.1, 0.15) is 5.56 Å². The molecule has 0 aliphatic heterocycles. The summed E-state index contributed by atoms with van der Waals surface area (Å²) in [7, 11) is 1.54. The number of pyridine rings is 1. The zero-order chi connectivity index (χ0) is 13.7. The number of nitrogens with one attached hydrogen (secondary N) is 1. The SMILES string of the molecule is COc1cccnc1NC(=O)Cc1ccc(Br)cc1. The summed E-state index contributed by atoms with van der Waals surface area (Å²) < 4.78 is 6.12. The molecule has 1 aromatic carbocycles. The second-order valence-corrected chi connectivity index (χ2v) is 4.82. The standard InChI is InChI=1S/C14H13BrN2O2/c1-19-12-3-2-8-16-14(12)17-13(18)9-10-4-6-11(15)7-5-10/h2-8H,9H2,1H3,(H,16,17,18). The van der Waals surface area contributed by atoms with Crippen LogP contribution in [0.25, 0.3) is 0 Å². The molecule has 2 aromatic rings. The molecule has 98 valence electrons. The van der Waals surface area contributed by atoms with Gasteiger partial charge in [0.05, 0.1) is 13.5 Å². The van der Waals surface area contributed by atoms with E-state index in [1.807, 2.05) is 24.3 Å². The molecule has 0 fully saturated rings. The van der Waals surface area contributed by atoms with Gasteiger partial charge in [0.15, 0.2) is 11.6 Å². The highest BCUT2D eigenvalue weighted by Gasteiger charge is 2.08. The van der Waals surface area contributed by atoms with Gasteiger partial charge in [-0.1, -0.05) is 28.1 Å². The zero-order valence-electron chi connectivity index (χ0n) is 10.4. The molecular formula is C14H13BrN2O2. The molecule has 4 nitrogen and oxygen atoms in total. The van der Waals surface area contributed by atoms with Crippen molar-refractivity contribution in [2.45, 2.75) is 6.42 Å². The van der Waals surface area contributed by atoms with E-state index in [1.54, 1.807) is 25.4 Å². The van der Waals surface area contributed by atoms with E-state index < -0.39 is 0 Å². The summed E-state index contributed by atoms with van der Waals surface area (Å²) in [4.78, 5) is 16.0. The normalized spacial score (nSPS) is 10.0. The van der Waals surface area contributed by atoms with E-state index in [4.69, 9.17) is 4.74 Å². The molecule has 2 rings (SSSR count). The van der Waals surface area contributed by atoms with E-state index in [2.05, 4.69) is 26.2 Å². The van der Waals surface area contributed by atoms with Crippen molar-refractivity contribution in [3.63, 3.8) is 0 Å². The maximum Gasteiger partial charge on any atom is 0.230 e. The number of nitrogens with zero attached hydrogens (tertiary/aromatic N) is 1. The van der Waals surface area contributed by atoms with Gasteiger partial charge in [-0.2, -0.15) is 0 Å². The first-order valence-corrected chi connectivity index (χ1v) is 6.51. The van der Waals surface area contributed by atoms with Gasteiger partial charge < -0.3 is 10.1 Å². The largest absolute Gasteiger partial charge is 0.493 e. The van der Waals surface area contributed by atoms with E-state index in [-0.39, 0.29) is 5.91 Å². The maximum absolute atomic E-state index is 11.9. The van der Waals surface area contributed by atoms with Crippen molar-refractivity contribution in [2.24, 2.45) is 0 Å². The average molecular weight is 321 g/mol. The summed E-state index contributed by atoms with van der Waals surface area (Å²) in [5.41, 5.74) is 0.940. The number of anilines is 1. The number of carbonyl (C=O) groups excluding carboxylic acids is 1. The van der Waals surface area contributed by atoms with Crippen LogP contribution in [0.3, 0.4) is 0 Å². The Hall–Kier alpha value is -1.88. The first-order chi connectivity index (χ1) is 9.19. The highest BCUT2D eigenvalue weighted by molar-refractivity contribution is 9.10. The summed E-state index contributed by atoms with van der Waals surface area (Å²) in [6.45, 7) is 0. The van der Waals surface area contributed by atoms with Crippen LogP contribution < -0.4 is 10.1 Å². The van der Waals surface area contributed by atoms with Gasteiger partial charge in [-0.05, 0) is 29.8 Å². The second kappa shape index (κ2) is 6.33. The fourth-order valence-corrected chi connectivity index (χ4v) is 1.88. The van der Waals surface area contributed by atoms with Gasteiger partial charge in [0.1, 0.15) is 0 Å². The molecule has 0 unspecified atom stereocenters. The third-order valence-corrected chi connectivity index (χ3v) is 3.06. The Morgan fingerprint density at radius 2 is 2.05 bits per heavy atom. The third kappa shape index (κ3) is 3.79. The Labute approximate surface area is 119 Å². The minimum atomic E-state index is -0.126. The Balaban J connectivity index is 2.03. The second-order valence-electron chi connectivity index (χ2n) is 3.91. The van der Waals surface area contributed by atoms with E-state index >= 15 is 0 Å². The lowest BCUT2D eigenvalue weighted by Gasteiger charge is -2.08. The average Bonchev–Trinajstić information content (AvgIpc) is 2.42. The van der Waals surface area contributed by atoms with E-state index in [0.717, 1.165) is 10.0 Å². The van der Waals surface area contributed by atoms with Crippen LogP contribution in [0.4, 0.5) is 5.82 Å². The van der Waals surface area contributed by atoms with Crippen molar-refractivity contribution < 1.29 is 9.53 Å². The van der Waals surface area contributed by atoms with Gasteiger partial charge >= 0.3 is 0 Å². The smallest absolute Gasteiger partial charge is 0.230 e. The molecule has 0 bridgehead atoms. The van der Waals surface area contributed by atoms with Crippen molar-refractivity contribution in [1.29, 1.82) is 0 Å². The van der Waals surface area contributed by atoms with Gasteiger partial charge in [-0.25, -0.2) is 4.98 Å². The molecule has 1 amide bonds. The molecule has 1 N–H and O–H groups in total. The van der Waals surface area contributed by atoms with Crippen molar-refractivity contribution in [1.82, 2.24) is 4.98 Å². The van der Waals surface area contributed by atoms with Gasteiger partial charge in [-0.15, -0.1) is 0 Å². The number of amides is 1. The molecule has 1 heterocycles. The molecular weight excluding hydrogens is 308 g/mol. The lowest BCUT2D eigenvalue weighted by Crippen LogP contribution is -2.15. The topological polar surface area (TPSA) is 51.2 Å². The summed E-state index contributed by atoms with van der Waals surface area (Å²) in [5.74, 6) is 0.859. The molecule has 0 saturated heterocycles. The number of methoxy groups -OCH3 is 1. The number of rotatable bonds is 4. The lowest BCUT2D eigenvalue weighted by atomic mass is 10.1. The Bertz CT molecular complexity index is 570. The molecule has 0 aliphatic carbocycles. The molecule has 19 heavy (non-hydrogen) atoms. The Morgan fingerprint density at radius 1 is 1.32 bits per heavy atom. The number of aromatic nitrogens is 1. The first-order valence-electron chi connectivity index (χ1n) is 5.72. The lowest BCUT2D eigenvalue weighted by molar-refractivity contribution is -0.115. The molecule has 1 aromatic heterocycles. The summed E-state index contributed by atoms with van der Waals surface area (Å²) in [6.07, 6.45) is 1.91. The van der Waals surface area contributed by atoms with Gasteiger partial charge in [-0.3, -0.25) is 4.79 Å². The van der Waals surface area contributed by atoms with Crippen LogP contribution in [0, 0.1) is 0 Å². The quantitative estimate of drug-likeness (QED) is 0.942. The predicted molar refractivity (Wildman–Crippen MR) is 77.3 cm³/mol. The molecule has 0 aliphatic rings. The van der Waals surface area contributed by atoms with Crippen LogP contribution in [0.15, 0.2) is 47.1 Å². The summed E-state index contributed by atoms with van der Waals surface area (Å²) in [5, 5.41) is 2.74. The zero-order valence-corrected chi connectivity index (χ0v) is 12.0. The fraction of sp³-hybridized carbons (Fsp3) is 0.143. The van der Waals surface area contributed by atoms with Crippen LogP contribution in [0.2, 0.25) is 0 Å². The molecule has 0 spiro atoms. The Kier molecular flexibility index (Phi) is 4.52.